The molecule has 0 unspecified atom stereocenters. The van der Waals surface area contributed by atoms with E-state index >= 15 is 0 Å². The Morgan fingerprint density at radius 1 is 1.18 bits per heavy atom. The predicted octanol–water partition coefficient (Wildman–Crippen LogP) is 3.52. The standard InChI is InChI=1S/C15H20O2/c1-17-15(16)13-9-4-2-3-6-10-14-11-7-5-8-12-14/h2-3,5,7-8,11-12H,4,6,9-10,13H2,1H3/b3-2-. The zero-order chi connectivity index (χ0) is 12.3. The summed E-state index contributed by atoms with van der Waals surface area (Å²) in [6.07, 6.45) is 8.80. The largest absolute Gasteiger partial charge is 0.469 e. The Kier molecular flexibility index (Phi) is 6.80. The van der Waals surface area contributed by atoms with E-state index in [1.54, 1.807) is 0 Å². The molecule has 0 amide bonds. The van der Waals surface area contributed by atoms with Gasteiger partial charge in [-0.05, 0) is 31.2 Å². The van der Waals surface area contributed by atoms with Crippen LogP contribution in [-0.2, 0) is 16.0 Å². The molecule has 0 spiro atoms. The lowest BCUT2D eigenvalue weighted by Crippen LogP contribution is -1.98. The van der Waals surface area contributed by atoms with Crippen molar-refractivity contribution in [3.63, 3.8) is 0 Å². The highest BCUT2D eigenvalue weighted by Gasteiger charge is 1.96. The maximum absolute atomic E-state index is 10.8. The molecule has 92 valence electrons. The van der Waals surface area contributed by atoms with Crippen molar-refractivity contribution in [3.05, 3.63) is 48.0 Å². The molecule has 2 nitrogen and oxygen atoms in total. The summed E-state index contributed by atoms with van der Waals surface area (Å²) in [5.41, 5.74) is 1.37. The Hall–Kier alpha value is -1.57. The van der Waals surface area contributed by atoms with Crippen LogP contribution in [0.2, 0.25) is 0 Å². The lowest BCUT2D eigenvalue weighted by atomic mass is 10.1. The molecular formula is C15H20O2. The minimum absolute atomic E-state index is 0.123. The van der Waals surface area contributed by atoms with Crippen LogP contribution < -0.4 is 0 Å². The second kappa shape index (κ2) is 8.57. The molecule has 0 atom stereocenters. The number of benzene rings is 1. The lowest BCUT2D eigenvalue weighted by molar-refractivity contribution is -0.140. The van der Waals surface area contributed by atoms with E-state index in [-0.39, 0.29) is 5.97 Å². The Morgan fingerprint density at radius 3 is 2.59 bits per heavy atom. The highest BCUT2D eigenvalue weighted by molar-refractivity contribution is 5.68. The van der Waals surface area contributed by atoms with Gasteiger partial charge in [0.2, 0.25) is 0 Å². The molecule has 0 aromatic heterocycles. The van der Waals surface area contributed by atoms with Crippen LogP contribution in [0.5, 0.6) is 0 Å². The average molecular weight is 232 g/mol. The number of ether oxygens (including phenoxy) is 1. The fourth-order valence-corrected chi connectivity index (χ4v) is 1.60. The van der Waals surface area contributed by atoms with Crippen LogP contribution >= 0.6 is 0 Å². The number of rotatable bonds is 7. The van der Waals surface area contributed by atoms with Crippen molar-refractivity contribution in [2.45, 2.75) is 32.1 Å². The van der Waals surface area contributed by atoms with Crippen molar-refractivity contribution in [2.75, 3.05) is 7.11 Å². The molecule has 2 heteroatoms. The third kappa shape index (κ3) is 6.56. The minimum atomic E-state index is -0.123. The van der Waals surface area contributed by atoms with E-state index in [2.05, 4.69) is 41.2 Å². The topological polar surface area (TPSA) is 26.3 Å². The van der Waals surface area contributed by atoms with Gasteiger partial charge in [0.1, 0.15) is 0 Å². The second-order valence-electron chi connectivity index (χ2n) is 3.96. The van der Waals surface area contributed by atoms with Gasteiger partial charge in [-0.15, -0.1) is 0 Å². The summed E-state index contributed by atoms with van der Waals surface area (Å²) in [6.45, 7) is 0. The highest BCUT2D eigenvalue weighted by atomic mass is 16.5. The van der Waals surface area contributed by atoms with Gasteiger partial charge in [0, 0.05) is 6.42 Å². The molecule has 0 aliphatic heterocycles. The van der Waals surface area contributed by atoms with E-state index < -0.39 is 0 Å². The molecule has 0 heterocycles. The molecule has 0 saturated carbocycles. The normalized spacial score (nSPS) is 10.6. The molecule has 0 bridgehead atoms. The first-order valence-electron chi connectivity index (χ1n) is 6.08. The van der Waals surface area contributed by atoms with Gasteiger partial charge in [0.25, 0.3) is 0 Å². The first-order chi connectivity index (χ1) is 8.33. The van der Waals surface area contributed by atoms with Gasteiger partial charge in [-0.2, -0.15) is 0 Å². The van der Waals surface area contributed by atoms with Crippen LogP contribution in [0.15, 0.2) is 42.5 Å². The van der Waals surface area contributed by atoms with E-state index in [0.29, 0.717) is 6.42 Å². The van der Waals surface area contributed by atoms with E-state index in [1.165, 1.54) is 12.7 Å². The van der Waals surface area contributed by atoms with Gasteiger partial charge in [-0.25, -0.2) is 0 Å². The number of unbranched alkanes of at least 4 members (excludes halogenated alkanes) is 1. The number of carbonyl (C=O) groups excluding carboxylic acids is 1. The molecule has 0 aliphatic rings. The van der Waals surface area contributed by atoms with E-state index in [0.717, 1.165) is 25.7 Å². The lowest BCUT2D eigenvalue weighted by Gasteiger charge is -1.97. The zero-order valence-corrected chi connectivity index (χ0v) is 10.4. The SMILES string of the molecule is COC(=O)CCC/C=C\CCc1ccccc1. The van der Waals surface area contributed by atoms with Gasteiger partial charge in [0.15, 0.2) is 0 Å². The summed E-state index contributed by atoms with van der Waals surface area (Å²) in [6, 6.07) is 10.5. The molecule has 0 N–H and O–H groups in total. The maximum atomic E-state index is 10.8. The summed E-state index contributed by atoms with van der Waals surface area (Å²) in [5.74, 6) is -0.123. The maximum Gasteiger partial charge on any atom is 0.305 e. The highest BCUT2D eigenvalue weighted by Crippen LogP contribution is 2.04. The smallest absolute Gasteiger partial charge is 0.305 e. The zero-order valence-electron chi connectivity index (χ0n) is 10.4. The fraction of sp³-hybridized carbons (Fsp3) is 0.400. The third-order valence-corrected chi connectivity index (χ3v) is 2.59. The van der Waals surface area contributed by atoms with Crippen molar-refractivity contribution >= 4 is 5.97 Å². The molecule has 17 heavy (non-hydrogen) atoms. The number of methoxy groups -OCH3 is 1. The van der Waals surface area contributed by atoms with Crippen LogP contribution in [0.4, 0.5) is 0 Å². The van der Waals surface area contributed by atoms with Gasteiger partial charge in [0.05, 0.1) is 7.11 Å². The number of aryl methyl sites for hydroxylation is 1. The van der Waals surface area contributed by atoms with Crippen molar-refractivity contribution in [1.82, 2.24) is 0 Å². The minimum Gasteiger partial charge on any atom is -0.469 e. The van der Waals surface area contributed by atoms with Crippen LogP contribution in [0, 0.1) is 0 Å². The average Bonchev–Trinajstić information content (AvgIpc) is 2.38. The first kappa shape index (κ1) is 13.5. The quantitative estimate of drug-likeness (QED) is 0.408. The van der Waals surface area contributed by atoms with E-state index in [1.807, 2.05) is 6.07 Å². The number of allylic oxidation sites excluding steroid dienone is 2. The van der Waals surface area contributed by atoms with Gasteiger partial charge >= 0.3 is 5.97 Å². The van der Waals surface area contributed by atoms with Crippen LogP contribution in [0.1, 0.15) is 31.2 Å². The van der Waals surface area contributed by atoms with Crippen LogP contribution in [0.3, 0.4) is 0 Å². The van der Waals surface area contributed by atoms with Gasteiger partial charge in [-0.3, -0.25) is 4.79 Å². The Labute approximate surface area is 103 Å². The molecule has 0 radical (unpaired) electrons. The number of esters is 1. The van der Waals surface area contributed by atoms with Crippen molar-refractivity contribution in [1.29, 1.82) is 0 Å². The number of hydrogen-bond acceptors (Lipinski definition) is 2. The Morgan fingerprint density at radius 2 is 1.88 bits per heavy atom. The van der Waals surface area contributed by atoms with Crippen molar-refractivity contribution < 1.29 is 9.53 Å². The number of carbonyl (C=O) groups is 1. The summed E-state index contributed by atoms with van der Waals surface area (Å²) >= 11 is 0. The number of hydrogen-bond donors (Lipinski definition) is 0. The van der Waals surface area contributed by atoms with Crippen molar-refractivity contribution in [2.24, 2.45) is 0 Å². The molecular weight excluding hydrogens is 212 g/mol. The summed E-state index contributed by atoms with van der Waals surface area (Å²) in [4.78, 5) is 10.8. The molecule has 0 aliphatic carbocycles. The summed E-state index contributed by atoms with van der Waals surface area (Å²) < 4.78 is 4.57. The summed E-state index contributed by atoms with van der Waals surface area (Å²) in [7, 11) is 1.43. The van der Waals surface area contributed by atoms with Crippen LogP contribution in [0.25, 0.3) is 0 Å². The molecule has 1 rings (SSSR count). The second-order valence-corrected chi connectivity index (χ2v) is 3.96. The first-order valence-corrected chi connectivity index (χ1v) is 6.08. The Bertz CT molecular complexity index is 341. The van der Waals surface area contributed by atoms with E-state index in [9.17, 15) is 4.79 Å². The van der Waals surface area contributed by atoms with Gasteiger partial charge in [-0.1, -0.05) is 42.5 Å². The fourth-order valence-electron chi connectivity index (χ4n) is 1.60. The Balaban J connectivity index is 2.05. The summed E-state index contributed by atoms with van der Waals surface area (Å²) in [5, 5.41) is 0. The van der Waals surface area contributed by atoms with Gasteiger partial charge < -0.3 is 4.74 Å². The van der Waals surface area contributed by atoms with Crippen LogP contribution in [-0.4, -0.2) is 13.1 Å². The van der Waals surface area contributed by atoms with Crippen molar-refractivity contribution in [3.8, 4) is 0 Å². The molecule has 0 saturated heterocycles. The molecule has 0 fully saturated rings. The third-order valence-electron chi connectivity index (χ3n) is 2.59. The molecule has 1 aromatic carbocycles. The monoisotopic (exact) mass is 232 g/mol. The van der Waals surface area contributed by atoms with E-state index in [4.69, 9.17) is 0 Å². The predicted molar refractivity (Wildman–Crippen MR) is 69.8 cm³/mol. The molecule has 1 aromatic rings.